The van der Waals surface area contributed by atoms with Gasteiger partial charge in [-0.3, -0.25) is 4.79 Å². The lowest BCUT2D eigenvalue weighted by atomic mass is 10.0. The van der Waals surface area contributed by atoms with E-state index in [1.54, 1.807) is 20.1 Å². The number of rotatable bonds is 15. The van der Waals surface area contributed by atoms with Gasteiger partial charge < -0.3 is 29.7 Å². The van der Waals surface area contributed by atoms with Crippen LogP contribution in [0.2, 0.25) is 0 Å². The molecule has 1 amide bonds. The van der Waals surface area contributed by atoms with Crippen molar-refractivity contribution in [2.75, 3.05) is 64.8 Å². The second kappa shape index (κ2) is 16.1. The molecule has 48 heavy (non-hydrogen) atoms. The van der Waals surface area contributed by atoms with Crippen LogP contribution in [0.4, 0.5) is 25.1 Å². The fraction of sp³-hybridized carbons (Fsp3) is 0.364. The molecule has 0 bridgehead atoms. The van der Waals surface area contributed by atoms with Gasteiger partial charge in [0.2, 0.25) is 9.84 Å². The van der Waals surface area contributed by atoms with Crippen molar-refractivity contribution >= 4 is 44.2 Å². The molecule has 1 unspecified atom stereocenters. The fourth-order valence-electron chi connectivity index (χ4n) is 4.76. The summed E-state index contributed by atoms with van der Waals surface area (Å²) in [6.45, 7) is 5.15. The number of hydrogen-bond acceptors (Lipinski definition) is 10. The van der Waals surface area contributed by atoms with Crippen LogP contribution < -0.4 is 10.6 Å². The standard InChI is InChI=1S/C33H39F2N5O7S/c1-6-46-13-14-47-33(42)40-30-10-8-25(48(43,44)26-18-23(34)17-24(35)19-26)20-28(30)31(38-40)37-32(41)27-9-7-22(15-21(2)39(3)4)16-29(27)36-11-12-45-5/h7-10,16-21,36H,6,11-15H2,1-5H3,(H,37,38,41). The van der Waals surface area contributed by atoms with E-state index < -0.39 is 38.4 Å². The molecular weight excluding hydrogens is 648 g/mol. The maximum absolute atomic E-state index is 14.0. The monoisotopic (exact) mass is 687 g/mol. The molecule has 0 spiro atoms. The van der Waals surface area contributed by atoms with Gasteiger partial charge in [-0.1, -0.05) is 6.07 Å². The number of ether oxygens (including phenoxy) is 3. The van der Waals surface area contributed by atoms with Crippen molar-refractivity contribution in [1.82, 2.24) is 14.7 Å². The fourth-order valence-corrected chi connectivity index (χ4v) is 6.09. The van der Waals surface area contributed by atoms with Crippen LogP contribution in [0.1, 0.15) is 29.8 Å². The van der Waals surface area contributed by atoms with Crippen LogP contribution in [0.5, 0.6) is 0 Å². The van der Waals surface area contributed by atoms with Crippen molar-refractivity contribution < 1.29 is 41.0 Å². The Balaban J connectivity index is 1.76. The zero-order valence-corrected chi connectivity index (χ0v) is 28.2. The van der Waals surface area contributed by atoms with Crippen molar-refractivity contribution in [3.8, 4) is 0 Å². The summed E-state index contributed by atoms with van der Waals surface area (Å²) in [5.74, 6) is -2.88. The third-order valence-electron chi connectivity index (χ3n) is 7.53. The Kier molecular flexibility index (Phi) is 12.2. The number of halogens is 2. The number of amides is 1. The highest BCUT2D eigenvalue weighted by Crippen LogP contribution is 2.31. The van der Waals surface area contributed by atoms with Crippen LogP contribution in [-0.4, -0.2) is 95.3 Å². The van der Waals surface area contributed by atoms with Gasteiger partial charge in [0.25, 0.3) is 5.91 Å². The van der Waals surface area contributed by atoms with Crippen molar-refractivity contribution in [1.29, 1.82) is 0 Å². The number of carbonyl (C=O) groups is 2. The highest BCUT2D eigenvalue weighted by molar-refractivity contribution is 7.91. The Hall–Kier alpha value is -4.44. The van der Waals surface area contributed by atoms with Gasteiger partial charge >= 0.3 is 6.09 Å². The predicted molar refractivity (Wildman–Crippen MR) is 176 cm³/mol. The molecule has 2 N–H and O–H groups in total. The number of fused-ring (bicyclic) bond motifs is 1. The summed E-state index contributed by atoms with van der Waals surface area (Å²) in [5.41, 5.74) is 1.89. The van der Waals surface area contributed by atoms with E-state index in [4.69, 9.17) is 14.2 Å². The second-order valence-electron chi connectivity index (χ2n) is 11.1. The first-order valence-electron chi connectivity index (χ1n) is 15.2. The maximum atomic E-state index is 14.0. The number of nitrogens with zero attached hydrogens (tertiary/aromatic N) is 3. The molecule has 3 aromatic carbocycles. The van der Waals surface area contributed by atoms with Gasteiger partial charge in [0.1, 0.15) is 18.2 Å². The number of benzene rings is 3. The molecule has 1 aromatic heterocycles. The summed E-state index contributed by atoms with van der Waals surface area (Å²) in [6, 6.07) is 11.2. The molecule has 0 aliphatic rings. The predicted octanol–water partition coefficient (Wildman–Crippen LogP) is 4.97. The van der Waals surface area contributed by atoms with E-state index in [0.29, 0.717) is 43.6 Å². The summed E-state index contributed by atoms with van der Waals surface area (Å²) >= 11 is 0. The van der Waals surface area contributed by atoms with Gasteiger partial charge in [0, 0.05) is 43.4 Å². The van der Waals surface area contributed by atoms with Crippen LogP contribution in [-0.2, 0) is 30.5 Å². The molecule has 0 fully saturated rings. The topological polar surface area (TPSA) is 141 Å². The van der Waals surface area contributed by atoms with Gasteiger partial charge in [-0.05, 0) is 82.4 Å². The highest BCUT2D eigenvalue weighted by atomic mass is 32.2. The summed E-state index contributed by atoms with van der Waals surface area (Å²) in [4.78, 5) is 27.9. The first-order chi connectivity index (χ1) is 22.8. The molecule has 4 aromatic rings. The third kappa shape index (κ3) is 8.72. The number of hydrogen-bond donors (Lipinski definition) is 2. The summed E-state index contributed by atoms with van der Waals surface area (Å²) in [5, 5.41) is 10.3. The Morgan fingerprint density at radius 1 is 0.979 bits per heavy atom. The Bertz CT molecular complexity index is 1860. The first-order valence-corrected chi connectivity index (χ1v) is 16.7. The van der Waals surface area contributed by atoms with E-state index in [1.165, 1.54) is 18.2 Å². The highest BCUT2D eigenvalue weighted by Gasteiger charge is 2.25. The largest absolute Gasteiger partial charge is 0.445 e. The van der Waals surface area contributed by atoms with Crippen LogP contribution in [0.15, 0.2) is 64.4 Å². The van der Waals surface area contributed by atoms with Crippen molar-refractivity contribution in [3.63, 3.8) is 0 Å². The van der Waals surface area contributed by atoms with Gasteiger partial charge in [0.05, 0.1) is 34.1 Å². The lowest BCUT2D eigenvalue weighted by Gasteiger charge is -2.20. The van der Waals surface area contributed by atoms with E-state index in [-0.39, 0.29) is 46.4 Å². The average Bonchev–Trinajstić information content (AvgIpc) is 3.40. The number of aromatic nitrogens is 2. The number of anilines is 2. The molecule has 1 heterocycles. The molecule has 258 valence electrons. The van der Waals surface area contributed by atoms with Crippen LogP contribution in [0.25, 0.3) is 10.9 Å². The van der Waals surface area contributed by atoms with E-state index in [0.717, 1.165) is 16.7 Å². The first kappa shape index (κ1) is 36.4. The summed E-state index contributed by atoms with van der Waals surface area (Å²) in [6.07, 6.45) is -0.176. The zero-order chi connectivity index (χ0) is 35.0. The minimum atomic E-state index is -4.43. The lowest BCUT2D eigenvalue weighted by Crippen LogP contribution is -2.26. The Morgan fingerprint density at radius 3 is 2.38 bits per heavy atom. The summed E-state index contributed by atoms with van der Waals surface area (Å²) in [7, 11) is 1.09. The number of carbonyl (C=O) groups excluding carboxylic acids is 2. The quantitative estimate of drug-likeness (QED) is 0.165. The van der Waals surface area contributed by atoms with Crippen LogP contribution in [0.3, 0.4) is 0 Å². The van der Waals surface area contributed by atoms with E-state index in [9.17, 15) is 26.8 Å². The maximum Gasteiger partial charge on any atom is 0.435 e. The number of nitrogens with one attached hydrogen (secondary N) is 2. The molecule has 0 aliphatic heterocycles. The third-order valence-corrected chi connectivity index (χ3v) is 9.26. The normalized spacial score (nSPS) is 12.3. The van der Waals surface area contributed by atoms with E-state index in [2.05, 4.69) is 27.6 Å². The Labute approximate surface area is 277 Å². The van der Waals surface area contributed by atoms with Gasteiger partial charge in [-0.25, -0.2) is 22.0 Å². The zero-order valence-electron chi connectivity index (χ0n) is 27.4. The molecule has 12 nitrogen and oxygen atoms in total. The SMILES string of the molecule is CCOCCOC(=O)n1nc(NC(=O)c2ccc(CC(C)N(C)C)cc2NCCOC)c2cc(S(=O)(=O)c3cc(F)cc(F)c3)ccc21. The number of methoxy groups -OCH3 is 1. The molecule has 0 saturated carbocycles. The van der Waals surface area contributed by atoms with Gasteiger partial charge in [-0.15, -0.1) is 5.10 Å². The number of likely N-dealkylation sites (N-methyl/N-ethyl adjacent to an activating group) is 1. The van der Waals surface area contributed by atoms with Crippen molar-refractivity contribution in [2.45, 2.75) is 36.1 Å². The van der Waals surface area contributed by atoms with Crippen molar-refractivity contribution in [2.24, 2.45) is 0 Å². The second-order valence-corrected chi connectivity index (χ2v) is 13.1. The van der Waals surface area contributed by atoms with E-state index >= 15 is 0 Å². The molecule has 1 atom stereocenters. The van der Waals surface area contributed by atoms with Gasteiger partial charge in [0.15, 0.2) is 5.82 Å². The molecule has 4 rings (SSSR count). The molecule has 0 saturated heterocycles. The molecule has 15 heteroatoms. The van der Waals surface area contributed by atoms with Crippen molar-refractivity contribution in [3.05, 3.63) is 77.4 Å². The molecular formula is C33H39F2N5O7S. The number of sulfone groups is 1. The minimum absolute atomic E-state index is 0.0633. The molecule has 0 aliphatic carbocycles. The minimum Gasteiger partial charge on any atom is -0.445 e. The van der Waals surface area contributed by atoms with Gasteiger partial charge in [-0.2, -0.15) is 4.68 Å². The molecule has 0 radical (unpaired) electrons. The average molecular weight is 688 g/mol. The Morgan fingerprint density at radius 2 is 1.71 bits per heavy atom. The lowest BCUT2D eigenvalue weighted by molar-refractivity contribution is 0.0786. The van der Waals surface area contributed by atoms with E-state index in [1.807, 2.05) is 26.2 Å². The van der Waals surface area contributed by atoms with Crippen LogP contribution >= 0.6 is 0 Å². The van der Waals surface area contributed by atoms with Crippen LogP contribution in [0, 0.1) is 11.6 Å². The smallest absolute Gasteiger partial charge is 0.435 e. The summed E-state index contributed by atoms with van der Waals surface area (Å²) < 4.78 is 71.3.